The molecule has 0 spiro atoms. The minimum absolute atomic E-state index is 0.249. The summed E-state index contributed by atoms with van der Waals surface area (Å²) in [4.78, 5) is 0. The molecular weight excluding hydrogens is 252 g/mol. The van der Waals surface area contributed by atoms with Gasteiger partial charge in [0.2, 0.25) is 0 Å². The van der Waals surface area contributed by atoms with Crippen LogP contribution in [0, 0.1) is 0 Å². The van der Waals surface area contributed by atoms with E-state index >= 15 is 0 Å². The molecule has 0 aromatic heterocycles. The van der Waals surface area contributed by atoms with E-state index in [1.807, 2.05) is 13.8 Å². The lowest BCUT2D eigenvalue weighted by Gasteiger charge is -2.20. The molecule has 2 unspecified atom stereocenters. The Hall–Kier alpha value is 0.750. The molecule has 0 aliphatic heterocycles. The van der Waals surface area contributed by atoms with Crippen molar-refractivity contribution < 1.29 is 17.7 Å². The summed E-state index contributed by atoms with van der Waals surface area (Å²) in [5.74, 6) is 0. The lowest BCUT2D eigenvalue weighted by Crippen LogP contribution is -2.15. The topological polar surface area (TPSA) is 9.23 Å². The zero-order valence-corrected chi connectivity index (χ0v) is 10.8. The molecule has 0 aliphatic carbocycles. The van der Waals surface area contributed by atoms with Gasteiger partial charge in [0.05, 0.1) is 0 Å². The van der Waals surface area contributed by atoms with Gasteiger partial charge in [0, 0.05) is 5.25 Å². The fourth-order valence-electron chi connectivity index (χ4n) is 0.622. The highest BCUT2D eigenvalue weighted by Crippen LogP contribution is 2.59. The zero-order valence-electron chi connectivity index (χ0n) is 8.30. The highest BCUT2D eigenvalue weighted by Gasteiger charge is 2.30. The fraction of sp³-hybridized carbons (Fsp3) is 1.00. The molecule has 2 atom stereocenters. The van der Waals surface area contributed by atoms with Crippen LogP contribution >= 0.6 is 16.8 Å². The van der Waals surface area contributed by atoms with Crippen LogP contribution in [0.5, 0.6) is 0 Å². The zero-order chi connectivity index (χ0) is 11.4. The third-order valence-corrected chi connectivity index (χ3v) is 6.72. The van der Waals surface area contributed by atoms with E-state index in [0.717, 1.165) is 6.42 Å². The van der Waals surface area contributed by atoms with Gasteiger partial charge in [-0.1, -0.05) is 37.0 Å². The predicted octanol–water partition coefficient (Wildman–Crippen LogP) is 4.04. The van der Waals surface area contributed by atoms with Crippen molar-refractivity contribution >= 4 is 28.7 Å². The normalized spacial score (nSPS) is 19.0. The van der Waals surface area contributed by atoms with Crippen LogP contribution < -0.4 is 0 Å². The molecule has 0 fully saturated rings. The van der Waals surface area contributed by atoms with Gasteiger partial charge in [0.25, 0.3) is 0 Å². The molecular formula is C7H14F3OPS2. The van der Waals surface area contributed by atoms with Crippen molar-refractivity contribution in [2.75, 3.05) is 13.3 Å². The average Bonchev–Trinajstić information content (AvgIpc) is 1.99. The first-order valence-corrected chi connectivity index (χ1v) is 8.78. The SMILES string of the molecule is CCC(C)SP(C)(=S)OCC(F)(F)F. The Kier molecular flexibility index (Phi) is 6.04. The molecule has 0 aromatic carbocycles. The number of rotatable bonds is 5. The molecule has 86 valence electrons. The lowest BCUT2D eigenvalue weighted by molar-refractivity contribution is -0.151. The van der Waals surface area contributed by atoms with E-state index in [0.29, 0.717) is 0 Å². The van der Waals surface area contributed by atoms with Gasteiger partial charge in [-0.2, -0.15) is 13.2 Å². The second kappa shape index (κ2) is 5.73. The quantitative estimate of drug-likeness (QED) is 0.695. The Morgan fingerprint density at radius 1 is 1.50 bits per heavy atom. The largest absolute Gasteiger partial charge is 0.412 e. The van der Waals surface area contributed by atoms with Crippen molar-refractivity contribution in [2.45, 2.75) is 31.7 Å². The Balaban J connectivity index is 4.02. The minimum Gasteiger partial charge on any atom is -0.332 e. The van der Waals surface area contributed by atoms with Crippen molar-refractivity contribution in [3.05, 3.63) is 0 Å². The van der Waals surface area contributed by atoms with Crippen molar-refractivity contribution in [3.8, 4) is 0 Å². The van der Waals surface area contributed by atoms with Crippen molar-refractivity contribution in [1.29, 1.82) is 0 Å². The fourth-order valence-corrected chi connectivity index (χ4v) is 6.10. The molecule has 14 heavy (non-hydrogen) atoms. The van der Waals surface area contributed by atoms with Crippen LogP contribution in [-0.2, 0) is 16.3 Å². The summed E-state index contributed by atoms with van der Waals surface area (Å²) in [5, 5.41) is 0.249. The predicted molar refractivity (Wildman–Crippen MR) is 59.6 cm³/mol. The molecule has 0 amide bonds. The van der Waals surface area contributed by atoms with Gasteiger partial charge in [-0.05, 0) is 13.1 Å². The Morgan fingerprint density at radius 2 is 2.00 bits per heavy atom. The summed E-state index contributed by atoms with van der Waals surface area (Å²) >= 11 is 6.35. The Labute approximate surface area is 91.6 Å². The summed E-state index contributed by atoms with van der Waals surface area (Å²) in [7, 11) is 0. The van der Waals surface area contributed by atoms with E-state index in [1.165, 1.54) is 11.4 Å². The van der Waals surface area contributed by atoms with Gasteiger partial charge in [0.1, 0.15) is 12.1 Å². The van der Waals surface area contributed by atoms with Crippen LogP contribution in [0.4, 0.5) is 13.2 Å². The molecule has 1 nitrogen and oxygen atoms in total. The first-order chi connectivity index (χ1) is 6.16. The van der Waals surface area contributed by atoms with E-state index in [-0.39, 0.29) is 5.25 Å². The molecule has 0 saturated heterocycles. The summed E-state index contributed by atoms with van der Waals surface area (Å²) in [6, 6.07) is 0. The van der Waals surface area contributed by atoms with Gasteiger partial charge in [-0.25, -0.2) is 0 Å². The summed E-state index contributed by atoms with van der Waals surface area (Å²) in [6.45, 7) is 4.26. The van der Waals surface area contributed by atoms with Gasteiger partial charge in [-0.15, -0.1) is 0 Å². The van der Waals surface area contributed by atoms with Crippen LogP contribution in [0.3, 0.4) is 0 Å². The molecule has 0 aromatic rings. The van der Waals surface area contributed by atoms with Crippen LogP contribution in [0.15, 0.2) is 0 Å². The molecule has 0 rings (SSSR count). The van der Waals surface area contributed by atoms with Crippen molar-refractivity contribution in [3.63, 3.8) is 0 Å². The Morgan fingerprint density at radius 3 is 2.36 bits per heavy atom. The summed E-state index contributed by atoms with van der Waals surface area (Å²) in [6.07, 6.45) is -3.40. The second-order valence-corrected chi connectivity index (χ2v) is 11.3. The molecule has 0 N–H and O–H groups in total. The maximum absolute atomic E-state index is 11.8. The average molecular weight is 266 g/mol. The standard InChI is InChI=1S/C7H14F3OPS2/c1-4-6(2)14-12(3,13)11-5-7(8,9)10/h6H,4-5H2,1-3H3. The van der Waals surface area contributed by atoms with Crippen LogP contribution in [-0.4, -0.2) is 24.7 Å². The molecule has 0 heterocycles. The third-order valence-electron chi connectivity index (χ3n) is 1.41. The minimum atomic E-state index is -4.28. The Bertz CT molecular complexity index is 219. The molecule has 7 heteroatoms. The van der Waals surface area contributed by atoms with E-state index in [9.17, 15) is 13.2 Å². The molecule has 0 radical (unpaired) electrons. The third kappa shape index (κ3) is 8.09. The molecule has 0 saturated carbocycles. The smallest absolute Gasteiger partial charge is 0.332 e. The molecule has 0 aliphatic rings. The van der Waals surface area contributed by atoms with Crippen LogP contribution in [0.1, 0.15) is 20.3 Å². The highest BCUT2D eigenvalue weighted by atomic mass is 32.9. The number of halogens is 3. The van der Waals surface area contributed by atoms with Crippen LogP contribution in [0.2, 0.25) is 0 Å². The second-order valence-electron chi connectivity index (χ2n) is 2.98. The summed E-state index contributed by atoms with van der Waals surface area (Å²) < 4.78 is 40.3. The monoisotopic (exact) mass is 266 g/mol. The van der Waals surface area contributed by atoms with Gasteiger partial charge >= 0.3 is 6.18 Å². The summed E-state index contributed by atoms with van der Waals surface area (Å²) in [5.41, 5.74) is -2.33. The maximum Gasteiger partial charge on any atom is 0.412 e. The number of hydrogen-bond donors (Lipinski definition) is 0. The maximum atomic E-state index is 11.8. The lowest BCUT2D eigenvalue weighted by atomic mass is 10.4. The van der Waals surface area contributed by atoms with Gasteiger partial charge in [-0.3, -0.25) is 0 Å². The van der Waals surface area contributed by atoms with Gasteiger partial charge in [0.15, 0.2) is 0 Å². The highest BCUT2D eigenvalue weighted by molar-refractivity contribution is 8.69. The van der Waals surface area contributed by atoms with Crippen LogP contribution in [0.25, 0.3) is 0 Å². The van der Waals surface area contributed by atoms with E-state index in [4.69, 9.17) is 16.3 Å². The van der Waals surface area contributed by atoms with Gasteiger partial charge < -0.3 is 4.52 Å². The first-order valence-electron chi connectivity index (χ1n) is 4.13. The molecule has 0 bridgehead atoms. The van der Waals surface area contributed by atoms with E-state index < -0.39 is 18.2 Å². The van der Waals surface area contributed by atoms with Crippen molar-refractivity contribution in [2.24, 2.45) is 0 Å². The number of alkyl halides is 3. The first kappa shape index (κ1) is 14.8. The van der Waals surface area contributed by atoms with E-state index in [1.54, 1.807) is 6.66 Å². The van der Waals surface area contributed by atoms with E-state index in [2.05, 4.69) is 0 Å². The number of hydrogen-bond acceptors (Lipinski definition) is 3. The van der Waals surface area contributed by atoms with Crippen molar-refractivity contribution in [1.82, 2.24) is 0 Å².